The van der Waals surface area contributed by atoms with Crippen LogP contribution >= 0.6 is 0 Å². The van der Waals surface area contributed by atoms with E-state index in [-0.39, 0.29) is 24.2 Å². The molecule has 1 fully saturated rings. The summed E-state index contributed by atoms with van der Waals surface area (Å²) in [5.74, 6) is 2.00. The smallest absolute Gasteiger partial charge is 0.224 e. The van der Waals surface area contributed by atoms with Gasteiger partial charge in [-0.1, -0.05) is 18.2 Å². The summed E-state index contributed by atoms with van der Waals surface area (Å²) in [7, 11) is 0. The zero-order valence-corrected chi connectivity index (χ0v) is 10.6. The largest absolute Gasteiger partial charge is 0.396 e. The van der Waals surface area contributed by atoms with Crippen molar-refractivity contribution in [1.82, 2.24) is 4.90 Å². The summed E-state index contributed by atoms with van der Waals surface area (Å²) < 4.78 is 13.9. The van der Waals surface area contributed by atoms with E-state index in [1.807, 2.05) is 0 Å². The number of carbonyl (C=O) groups is 1. The van der Waals surface area contributed by atoms with Crippen LogP contribution < -0.4 is 0 Å². The van der Waals surface area contributed by atoms with Crippen LogP contribution in [0.25, 0.3) is 0 Å². The lowest BCUT2D eigenvalue weighted by Gasteiger charge is -2.28. The number of likely N-dealkylation sites (tertiary alicyclic amines) is 1. The Labute approximate surface area is 112 Å². The quantitative estimate of drug-likeness (QED) is 0.839. The molecule has 0 saturated carbocycles. The third kappa shape index (κ3) is 2.77. The Kier molecular flexibility index (Phi) is 4.18. The first-order valence-corrected chi connectivity index (χ1v) is 6.28. The van der Waals surface area contributed by atoms with E-state index in [0.29, 0.717) is 24.9 Å². The van der Waals surface area contributed by atoms with Crippen molar-refractivity contribution < 1.29 is 14.3 Å². The first-order valence-electron chi connectivity index (χ1n) is 6.28. The minimum absolute atomic E-state index is 0.0790. The Morgan fingerprint density at radius 2 is 2.26 bits per heavy atom. The second-order valence-electron chi connectivity index (χ2n) is 4.66. The average Bonchev–Trinajstić information content (AvgIpc) is 2.78. The maximum Gasteiger partial charge on any atom is 0.224 e. The third-order valence-electron chi connectivity index (χ3n) is 3.44. The molecule has 2 unspecified atom stereocenters. The zero-order chi connectivity index (χ0) is 13.8. The van der Waals surface area contributed by atoms with Gasteiger partial charge in [0.1, 0.15) is 5.82 Å². The minimum atomic E-state index is -0.447. The molecule has 0 radical (unpaired) electrons. The standard InChI is InChI=1S/C15H16FNO2/c1-2-11-9-15(19)17(10-11)14(7-8-18)12-5-3-4-6-13(12)16/h1,3-6,11,14,18H,7-10H2. The van der Waals surface area contributed by atoms with Gasteiger partial charge in [-0.2, -0.15) is 0 Å². The number of hydrogen-bond acceptors (Lipinski definition) is 2. The van der Waals surface area contributed by atoms with Crippen molar-refractivity contribution in [2.24, 2.45) is 5.92 Å². The number of aliphatic hydroxyl groups excluding tert-OH is 1. The van der Waals surface area contributed by atoms with Crippen LogP contribution in [0.3, 0.4) is 0 Å². The molecule has 2 atom stereocenters. The van der Waals surface area contributed by atoms with Crippen molar-refractivity contribution in [3.8, 4) is 12.3 Å². The predicted molar refractivity (Wildman–Crippen MR) is 69.5 cm³/mol. The summed E-state index contributed by atoms with van der Waals surface area (Å²) >= 11 is 0. The average molecular weight is 261 g/mol. The number of amides is 1. The lowest BCUT2D eigenvalue weighted by atomic mass is 10.0. The Morgan fingerprint density at radius 1 is 1.53 bits per heavy atom. The molecule has 100 valence electrons. The lowest BCUT2D eigenvalue weighted by molar-refractivity contribution is -0.130. The predicted octanol–water partition coefficient (Wildman–Crippen LogP) is 1.73. The molecule has 3 nitrogen and oxygen atoms in total. The molecule has 0 bridgehead atoms. The molecule has 1 N–H and O–H groups in total. The van der Waals surface area contributed by atoms with E-state index < -0.39 is 6.04 Å². The second kappa shape index (κ2) is 5.85. The van der Waals surface area contributed by atoms with Gasteiger partial charge in [0.2, 0.25) is 5.91 Å². The maximum absolute atomic E-state index is 13.9. The topological polar surface area (TPSA) is 40.5 Å². The molecule has 0 aliphatic carbocycles. The van der Waals surface area contributed by atoms with Gasteiger partial charge in [0.15, 0.2) is 0 Å². The molecule has 1 heterocycles. The van der Waals surface area contributed by atoms with Crippen LogP contribution in [0.15, 0.2) is 24.3 Å². The van der Waals surface area contributed by atoms with Crippen LogP contribution in [0, 0.1) is 24.1 Å². The van der Waals surface area contributed by atoms with E-state index in [0.717, 1.165) is 0 Å². The fraction of sp³-hybridized carbons (Fsp3) is 0.400. The number of benzene rings is 1. The molecular weight excluding hydrogens is 245 g/mol. The maximum atomic E-state index is 13.9. The van der Waals surface area contributed by atoms with E-state index in [9.17, 15) is 9.18 Å². The van der Waals surface area contributed by atoms with Gasteiger partial charge in [-0.3, -0.25) is 4.79 Å². The lowest BCUT2D eigenvalue weighted by Crippen LogP contribution is -2.31. The van der Waals surface area contributed by atoms with Gasteiger partial charge in [0.25, 0.3) is 0 Å². The Balaban J connectivity index is 2.29. The van der Waals surface area contributed by atoms with Crippen LogP contribution in [-0.4, -0.2) is 29.1 Å². The van der Waals surface area contributed by atoms with Crippen LogP contribution in [-0.2, 0) is 4.79 Å². The molecule has 1 amide bonds. The number of terminal acetylenes is 1. The molecule has 1 aliphatic rings. The molecule has 1 saturated heterocycles. The van der Waals surface area contributed by atoms with Crippen molar-refractivity contribution >= 4 is 5.91 Å². The van der Waals surface area contributed by atoms with Crippen molar-refractivity contribution in [1.29, 1.82) is 0 Å². The van der Waals surface area contributed by atoms with E-state index in [1.54, 1.807) is 23.1 Å². The van der Waals surface area contributed by atoms with Crippen molar-refractivity contribution in [2.75, 3.05) is 13.2 Å². The Morgan fingerprint density at radius 3 is 2.84 bits per heavy atom. The monoisotopic (exact) mass is 261 g/mol. The van der Waals surface area contributed by atoms with Gasteiger partial charge >= 0.3 is 0 Å². The molecule has 1 aromatic carbocycles. The number of carbonyl (C=O) groups excluding carboxylic acids is 1. The van der Waals surface area contributed by atoms with E-state index in [2.05, 4.69) is 5.92 Å². The number of hydrogen-bond donors (Lipinski definition) is 1. The summed E-state index contributed by atoms with van der Waals surface area (Å²) in [6, 6.07) is 5.88. The number of rotatable bonds is 4. The van der Waals surface area contributed by atoms with Crippen molar-refractivity contribution in [3.05, 3.63) is 35.6 Å². The van der Waals surface area contributed by atoms with Crippen LogP contribution in [0.4, 0.5) is 4.39 Å². The fourth-order valence-electron chi connectivity index (χ4n) is 2.49. The third-order valence-corrected chi connectivity index (χ3v) is 3.44. The van der Waals surface area contributed by atoms with Crippen molar-refractivity contribution in [2.45, 2.75) is 18.9 Å². The first-order chi connectivity index (χ1) is 9.17. The summed E-state index contributed by atoms with van der Waals surface area (Å²) in [5, 5.41) is 9.16. The van der Waals surface area contributed by atoms with E-state index in [1.165, 1.54) is 6.07 Å². The van der Waals surface area contributed by atoms with Gasteiger partial charge in [-0.05, 0) is 12.5 Å². The minimum Gasteiger partial charge on any atom is -0.396 e. The molecule has 0 aromatic heterocycles. The highest BCUT2D eigenvalue weighted by Crippen LogP contribution is 2.32. The second-order valence-corrected chi connectivity index (χ2v) is 4.66. The molecule has 4 heteroatoms. The number of nitrogens with zero attached hydrogens (tertiary/aromatic N) is 1. The highest BCUT2D eigenvalue weighted by Gasteiger charge is 2.34. The SMILES string of the molecule is C#CC1CC(=O)N(C(CCO)c2ccccc2F)C1. The zero-order valence-electron chi connectivity index (χ0n) is 10.6. The fourth-order valence-corrected chi connectivity index (χ4v) is 2.49. The van der Waals surface area contributed by atoms with Crippen molar-refractivity contribution in [3.63, 3.8) is 0 Å². The first kappa shape index (κ1) is 13.6. The van der Waals surface area contributed by atoms with Gasteiger partial charge in [0.05, 0.1) is 6.04 Å². The Hall–Kier alpha value is -1.86. The molecule has 1 aromatic rings. The highest BCUT2D eigenvalue weighted by molar-refractivity contribution is 5.79. The van der Waals surface area contributed by atoms with Crippen LogP contribution in [0.1, 0.15) is 24.4 Å². The normalized spacial score (nSPS) is 20.4. The number of halogens is 1. The number of aliphatic hydroxyl groups is 1. The highest BCUT2D eigenvalue weighted by atomic mass is 19.1. The van der Waals surface area contributed by atoms with Gasteiger partial charge in [-0.25, -0.2) is 4.39 Å². The van der Waals surface area contributed by atoms with E-state index >= 15 is 0 Å². The molecule has 0 spiro atoms. The summed E-state index contributed by atoms with van der Waals surface area (Å²) in [4.78, 5) is 13.6. The molecule has 2 rings (SSSR count). The molecular formula is C15H16FNO2. The molecule has 1 aliphatic heterocycles. The van der Waals surface area contributed by atoms with Gasteiger partial charge in [-0.15, -0.1) is 12.3 Å². The summed E-state index contributed by atoms with van der Waals surface area (Å²) in [6.07, 6.45) is 5.96. The van der Waals surface area contributed by atoms with E-state index in [4.69, 9.17) is 11.5 Å². The van der Waals surface area contributed by atoms with Gasteiger partial charge in [0, 0.05) is 31.1 Å². The summed E-state index contributed by atoms with van der Waals surface area (Å²) in [6.45, 7) is 0.317. The summed E-state index contributed by atoms with van der Waals surface area (Å²) in [5.41, 5.74) is 0.433. The van der Waals surface area contributed by atoms with Crippen LogP contribution in [0.2, 0.25) is 0 Å². The van der Waals surface area contributed by atoms with Gasteiger partial charge < -0.3 is 10.0 Å². The van der Waals surface area contributed by atoms with Crippen LogP contribution in [0.5, 0.6) is 0 Å². The Bertz CT molecular complexity index is 509. The molecule has 19 heavy (non-hydrogen) atoms.